The zero-order chi connectivity index (χ0) is 11.2. The Balaban J connectivity index is 2.61. The first kappa shape index (κ1) is 10.2. The van der Waals surface area contributed by atoms with Crippen molar-refractivity contribution in [2.45, 2.75) is 32.6 Å². The molecule has 1 aliphatic heterocycles. The molecule has 1 amide bonds. The van der Waals surface area contributed by atoms with E-state index in [1.54, 1.807) is 4.90 Å². The van der Waals surface area contributed by atoms with Crippen molar-refractivity contribution in [1.29, 1.82) is 0 Å². The summed E-state index contributed by atoms with van der Waals surface area (Å²) in [4.78, 5) is 13.8. The van der Waals surface area contributed by atoms with Crippen LogP contribution in [0.2, 0.25) is 0 Å². The molecular formula is C13H17NO. The molecule has 1 aliphatic rings. The first-order valence-corrected chi connectivity index (χ1v) is 5.40. The fourth-order valence-corrected chi connectivity index (χ4v) is 2.25. The van der Waals surface area contributed by atoms with Crippen LogP contribution in [-0.2, 0) is 16.6 Å². The van der Waals surface area contributed by atoms with E-state index >= 15 is 0 Å². The Bertz CT molecular complexity index is 421. The van der Waals surface area contributed by atoms with Crippen LogP contribution in [0.4, 0.5) is 5.69 Å². The lowest BCUT2D eigenvalue weighted by Gasteiger charge is -2.16. The summed E-state index contributed by atoms with van der Waals surface area (Å²) >= 11 is 0. The molecule has 0 saturated heterocycles. The van der Waals surface area contributed by atoms with Crippen molar-refractivity contribution in [3.8, 4) is 0 Å². The normalized spacial score (nSPS) is 18.1. The highest BCUT2D eigenvalue weighted by atomic mass is 16.2. The van der Waals surface area contributed by atoms with Gasteiger partial charge in [0.25, 0.3) is 0 Å². The summed E-state index contributed by atoms with van der Waals surface area (Å²) in [5.74, 6) is 0.186. The summed E-state index contributed by atoms with van der Waals surface area (Å²) in [6.45, 7) is 6.11. The van der Waals surface area contributed by atoms with E-state index in [1.165, 1.54) is 5.56 Å². The molecule has 0 spiro atoms. The minimum atomic E-state index is -0.365. The van der Waals surface area contributed by atoms with Crippen LogP contribution in [-0.4, -0.2) is 13.0 Å². The molecule has 15 heavy (non-hydrogen) atoms. The lowest BCUT2D eigenvalue weighted by Crippen LogP contribution is -2.33. The molecule has 2 rings (SSSR count). The van der Waals surface area contributed by atoms with Gasteiger partial charge in [-0.15, -0.1) is 0 Å². The second-order valence-electron chi connectivity index (χ2n) is 4.69. The van der Waals surface area contributed by atoms with Crippen molar-refractivity contribution in [2.24, 2.45) is 0 Å². The Kier molecular flexibility index (Phi) is 2.10. The maximum atomic E-state index is 12.0. The molecule has 1 aromatic rings. The fourth-order valence-electron chi connectivity index (χ4n) is 2.25. The van der Waals surface area contributed by atoms with E-state index in [0.717, 1.165) is 17.7 Å². The van der Waals surface area contributed by atoms with Crippen LogP contribution in [0.1, 0.15) is 31.9 Å². The van der Waals surface area contributed by atoms with Gasteiger partial charge in [0.2, 0.25) is 5.91 Å². The predicted molar refractivity (Wildman–Crippen MR) is 62.3 cm³/mol. The zero-order valence-electron chi connectivity index (χ0n) is 9.79. The van der Waals surface area contributed by atoms with Crippen molar-refractivity contribution in [2.75, 3.05) is 11.9 Å². The highest BCUT2D eigenvalue weighted by Crippen LogP contribution is 2.40. The first-order valence-electron chi connectivity index (χ1n) is 5.40. The number of amides is 1. The van der Waals surface area contributed by atoms with Crippen LogP contribution in [0.3, 0.4) is 0 Å². The molecule has 0 saturated carbocycles. The van der Waals surface area contributed by atoms with E-state index in [2.05, 4.69) is 25.1 Å². The van der Waals surface area contributed by atoms with E-state index in [-0.39, 0.29) is 11.3 Å². The lowest BCUT2D eigenvalue weighted by molar-refractivity contribution is -0.121. The van der Waals surface area contributed by atoms with Crippen molar-refractivity contribution < 1.29 is 4.79 Å². The van der Waals surface area contributed by atoms with Gasteiger partial charge in [0.05, 0.1) is 5.41 Å². The Morgan fingerprint density at radius 2 is 2.00 bits per heavy atom. The summed E-state index contributed by atoms with van der Waals surface area (Å²) < 4.78 is 0. The van der Waals surface area contributed by atoms with Gasteiger partial charge in [0, 0.05) is 12.7 Å². The van der Waals surface area contributed by atoms with Crippen molar-refractivity contribution in [3.63, 3.8) is 0 Å². The van der Waals surface area contributed by atoms with Crippen molar-refractivity contribution in [3.05, 3.63) is 29.3 Å². The average molecular weight is 203 g/mol. The van der Waals surface area contributed by atoms with E-state index < -0.39 is 0 Å². The van der Waals surface area contributed by atoms with Crippen LogP contribution in [0.5, 0.6) is 0 Å². The smallest absolute Gasteiger partial charge is 0.236 e. The Labute approximate surface area is 90.9 Å². The molecular weight excluding hydrogens is 186 g/mol. The van der Waals surface area contributed by atoms with Crippen LogP contribution in [0, 0.1) is 0 Å². The number of hydrogen-bond donors (Lipinski definition) is 0. The van der Waals surface area contributed by atoms with E-state index in [9.17, 15) is 4.79 Å². The molecule has 0 unspecified atom stereocenters. The predicted octanol–water partition coefficient (Wildman–Crippen LogP) is 2.50. The molecule has 0 aromatic heterocycles. The Morgan fingerprint density at radius 3 is 2.60 bits per heavy atom. The summed E-state index contributed by atoms with van der Waals surface area (Å²) in [6.07, 6.45) is 1.01. The van der Waals surface area contributed by atoms with Gasteiger partial charge in [0.1, 0.15) is 0 Å². The van der Waals surface area contributed by atoms with Gasteiger partial charge in [-0.2, -0.15) is 0 Å². The number of carbonyl (C=O) groups is 1. The SMILES string of the molecule is CCc1ccc2c(c1)N(C)C(=O)C2(C)C. The van der Waals surface area contributed by atoms with E-state index in [0.29, 0.717) is 0 Å². The molecule has 0 radical (unpaired) electrons. The number of benzene rings is 1. The number of nitrogens with zero attached hydrogens (tertiary/aromatic N) is 1. The van der Waals surface area contributed by atoms with Gasteiger partial charge in [-0.3, -0.25) is 4.79 Å². The maximum absolute atomic E-state index is 12.0. The molecule has 2 heteroatoms. The molecule has 0 aliphatic carbocycles. The van der Waals surface area contributed by atoms with E-state index in [1.807, 2.05) is 20.9 Å². The molecule has 80 valence electrons. The standard InChI is InChI=1S/C13H17NO/c1-5-9-6-7-10-11(8-9)14(4)12(15)13(10,2)3/h6-8H,5H2,1-4H3. The number of fused-ring (bicyclic) bond motifs is 1. The minimum Gasteiger partial charge on any atom is -0.314 e. The first-order chi connectivity index (χ1) is 6.98. The van der Waals surface area contributed by atoms with Gasteiger partial charge >= 0.3 is 0 Å². The number of likely N-dealkylation sites (N-methyl/N-ethyl adjacent to an activating group) is 1. The maximum Gasteiger partial charge on any atom is 0.236 e. The highest BCUT2D eigenvalue weighted by molar-refractivity contribution is 6.07. The Morgan fingerprint density at radius 1 is 1.33 bits per heavy atom. The molecule has 1 heterocycles. The van der Waals surface area contributed by atoms with Crippen LogP contribution in [0.15, 0.2) is 18.2 Å². The van der Waals surface area contributed by atoms with Gasteiger partial charge in [-0.05, 0) is 37.5 Å². The molecule has 0 N–H and O–H groups in total. The largest absolute Gasteiger partial charge is 0.314 e. The lowest BCUT2D eigenvalue weighted by atomic mass is 9.86. The molecule has 2 nitrogen and oxygen atoms in total. The van der Waals surface area contributed by atoms with Crippen molar-refractivity contribution in [1.82, 2.24) is 0 Å². The van der Waals surface area contributed by atoms with Gasteiger partial charge < -0.3 is 4.90 Å². The van der Waals surface area contributed by atoms with E-state index in [4.69, 9.17) is 0 Å². The molecule has 0 fully saturated rings. The second-order valence-corrected chi connectivity index (χ2v) is 4.69. The van der Waals surface area contributed by atoms with Crippen molar-refractivity contribution >= 4 is 11.6 Å². The minimum absolute atomic E-state index is 0.186. The second kappa shape index (κ2) is 3.09. The molecule has 1 aromatic carbocycles. The third kappa shape index (κ3) is 1.28. The van der Waals surface area contributed by atoms with Crippen LogP contribution >= 0.6 is 0 Å². The van der Waals surface area contributed by atoms with Crippen LogP contribution < -0.4 is 4.90 Å². The summed E-state index contributed by atoms with van der Waals surface area (Å²) in [7, 11) is 1.86. The third-order valence-corrected chi connectivity index (χ3v) is 3.34. The highest BCUT2D eigenvalue weighted by Gasteiger charge is 2.41. The molecule has 0 bridgehead atoms. The Hall–Kier alpha value is -1.31. The zero-order valence-corrected chi connectivity index (χ0v) is 9.79. The molecule has 0 atom stereocenters. The summed E-state index contributed by atoms with van der Waals surface area (Å²) in [6, 6.07) is 6.34. The monoisotopic (exact) mass is 203 g/mol. The number of aryl methyl sites for hydroxylation is 1. The van der Waals surface area contributed by atoms with Gasteiger partial charge in [-0.25, -0.2) is 0 Å². The third-order valence-electron chi connectivity index (χ3n) is 3.34. The number of carbonyl (C=O) groups excluding carboxylic acids is 1. The summed E-state index contributed by atoms with van der Waals surface area (Å²) in [5.41, 5.74) is 3.14. The number of anilines is 1. The average Bonchev–Trinajstić information content (AvgIpc) is 2.40. The topological polar surface area (TPSA) is 20.3 Å². The van der Waals surface area contributed by atoms with Gasteiger partial charge in [-0.1, -0.05) is 19.1 Å². The summed E-state index contributed by atoms with van der Waals surface area (Å²) in [5, 5.41) is 0. The number of rotatable bonds is 1. The van der Waals surface area contributed by atoms with Crippen LogP contribution in [0.25, 0.3) is 0 Å². The van der Waals surface area contributed by atoms with Gasteiger partial charge in [0.15, 0.2) is 0 Å². The number of hydrogen-bond acceptors (Lipinski definition) is 1. The fraction of sp³-hybridized carbons (Fsp3) is 0.462. The quantitative estimate of drug-likeness (QED) is 0.686.